The second-order valence-electron chi connectivity index (χ2n) is 6.63. The molecule has 3 heterocycles. The summed E-state index contributed by atoms with van der Waals surface area (Å²) in [4.78, 5) is 5.44. The summed E-state index contributed by atoms with van der Waals surface area (Å²) < 4.78 is 5.89. The largest absolute Gasteiger partial charge is 0.377 e. The number of rotatable bonds is 3. The van der Waals surface area contributed by atoms with Gasteiger partial charge in [0.05, 0.1) is 6.10 Å². The van der Waals surface area contributed by atoms with Gasteiger partial charge in [0.25, 0.3) is 0 Å². The van der Waals surface area contributed by atoms with Crippen molar-refractivity contribution >= 4 is 0 Å². The summed E-state index contributed by atoms with van der Waals surface area (Å²) in [6, 6.07) is 2.34. The highest BCUT2D eigenvalue weighted by atomic mass is 16.5. The van der Waals surface area contributed by atoms with Gasteiger partial charge in [0, 0.05) is 44.4 Å². The fourth-order valence-electron chi connectivity index (χ4n) is 4.25. The third-order valence-corrected chi connectivity index (χ3v) is 4.95. The predicted molar refractivity (Wildman–Crippen MR) is 73.8 cm³/mol. The number of likely N-dealkylation sites (tertiary alicyclic amines) is 1. The van der Waals surface area contributed by atoms with E-state index in [-0.39, 0.29) is 0 Å². The fourth-order valence-corrected chi connectivity index (χ4v) is 4.25. The van der Waals surface area contributed by atoms with Crippen LogP contribution < -0.4 is 0 Å². The quantitative estimate of drug-likeness (QED) is 0.765. The summed E-state index contributed by atoms with van der Waals surface area (Å²) in [6.07, 6.45) is 7.24. The molecule has 3 fully saturated rings. The lowest BCUT2D eigenvalue weighted by Crippen LogP contribution is -2.57. The van der Waals surface area contributed by atoms with Crippen LogP contribution >= 0.6 is 0 Å². The maximum atomic E-state index is 5.89. The minimum absolute atomic E-state index is 0.517. The second-order valence-corrected chi connectivity index (χ2v) is 6.63. The zero-order valence-corrected chi connectivity index (χ0v) is 12.0. The molecule has 0 saturated carbocycles. The van der Waals surface area contributed by atoms with Gasteiger partial charge >= 0.3 is 0 Å². The van der Waals surface area contributed by atoms with Crippen molar-refractivity contribution in [1.82, 2.24) is 9.80 Å². The molecule has 0 aromatic rings. The number of piperazine rings is 1. The molecular weight excluding hydrogens is 224 g/mol. The molecule has 0 radical (unpaired) electrons. The van der Waals surface area contributed by atoms with E-state index in [1.165, 1.54) is 51.7 Å². The smallest absolute Gasteiger partial charge is 0.0702 e. The monoisotopic (exact) mass is 252 g/mol. The van der Waals surface area contributed by atoms with Crippen LogP contribution in [0.4, 0.5) is 0 Å². The van der Waals surface area contributed by atoms with E-state index in [2.05, 4.69) is 23.6 Å². The van der Waals surface area contributed by atoms with Gasteiger partial charge < -0.3 is 4.74 Å². The van der Waals surface area contributed by atoms with Gasteiger partial charge in [0.2, 0.25) is 0 Å². The maximum absolute atomic E-state index is 5.89. The predicted octanol–water partition coefficient (Wildman–Crippen LogP) is 2.11. The van der Waals surface area contributed by atoms with E-state index in [0.29, 0.717) is 6.10 Å². The van der Waals surface area contributed by atoms with Crippen LogP contribution in [-0.4, -0.2) is 60.3 Å². The van der Waals surface area contributed by atoms with Crippen LogP contribution in [0.25, 0.3) is 0 Å². The third kappa shape index (κ3) is 2.59. The van der Waals surface area contributed by atoms with Crippen molar-refractivity contribution in [2.24, 2.45) is 0 Å². The molecule has 3 atom stereocenters. The zero-order chi connectivity index (χ0) is 12.5. The molecule has 3 aliphatic rings. The summed E-state index contributed by atoms with van der Waals surface area (Å²) >= 11 is 0. The SMILES string of the molecule is CC(C)N1C2CCC1CN(CC1CCCCO1)C2. The maximum Gasteiger partial charge on any atom is 0.0702 e. The molecular formula is C15H28N2O. The van der Waals surface area contributed by atoms with Crippen molar-refractivity contribution in [1.29, 1.82) is 0 Å². The first kappa shape index (κ1) is 12.9. The van der Waals surface area contributed by atoms with Crippen molar-refractivity contribution in [3.8, 4) is 0 Å². The highest BCUT2D eigenvalue weighted by Gasteiger charge is 2.41. The van der Waals surface area contributed by atoms with E-state index >= 15 is 0 Å². The summed E-state index contributed by atoms with van der Waals surface area (Å²) in [7, 11) is 0. The third-order valence-electron chi connectivity index (χ3n) is 4.95. The van der Waals surface area contributed by atoms with E-state index in [1.54, 1.807) is 0 Å². The van der Waals surface area contributed by atoms with E-state index in [9.17, 15) is 0 Å². The van der Waals surface area contributed by atoms with Crippen LogP contribution in [-0.2, 0) is 4.74 Å². The summed E-state index contributed by atoms with van der Waals surface area (Å²) in [5.41, 5.74) is 0. The van der Waals surface area contributed by atoms with Crippen LogP contribution in [0.5, 0.6) is 0 Å². The molecule has 0 aliphatic carbocycles. The first-order chi connectivity index (χ1) is 8.74. The van der Waals surface area contributed by atoms with Gasteiger partial charge in [0.1, 0.15) is 0 Å². The van der Waals surface area contributed by atoms with Gasteiger partial charge in [-0.2, -0.15) is 0 Å². The molecule has 3 heteroatoms. The molecule has 18 heavy (non-hydrogen) atoms. The van der Waals surface area contributed by atoms with Crippen molar-refractivity contribution < 1.29 is 4.74 Å². The Morgan fingerprint density at radius 2 is 1.78 bits per heavy atom. The van der Waals surface area contributed by atoms with E-state index in [1.807, 2.05) is 0 Å². The van der Waals surface area contributed by atoms with Crippen LogP contribution in [0.3, 0.4) is 0 Å². The Morgan fingerprint density at radius 3 is 2.33 bits per heavy atom. The molecule has 3 rings (SSSR count). The Labute approximate surface area is 111 Å². The minimum Gasteiger partial charge on any atom is -0.377 e. The number of hydrogen-bond donors (Lipinski definition) is 0. The summed E-state index contributed by atoms with van der Waals surface area (Å²) in [6.45, 7) is 9.42. The Bertz CT molecular complexity index is 262. The second kappa shape index (κ2) is 5.48. The molecule has 0 N–H and O–H groups in total. The molecule has 3 aliphatic heterocycles. The Balaban J connectivity index is 1.55. The van der Waals surface area contributed by atoms with Gasteiger partial charge in [-0.1, -0.05) is 0 Å². The van der Waals surface area contributed by atoms with Crippen molar-refractivity contribution in [3.63, 3.8) is 0 Å². The van der Waals surface area contributed by atoms with E-state index in [4.69, 9.17) is 4.74 Å². The molecule has 3 saturated heterocycles. The Morgan fingerprint density at radius 1 is 1.06 bits per heavy atom. The molecule has 0 amide bonds. The molecule has 104 valence electrons. The lowest BCUT2D eigenvalue weighted by molar-refractivity contribution is -0.0289. The Hall–Kier alpha value is -0.120. The summed E-state index contributed by atoms with van der Waals surface area (Å²) in [5, 5.41) is 0. The van der Waals surface area contributed by atoms with Crippen molar-refractivity contribution in [2.75, 3.05) is 26.2 Å². The van der Waals surface area contributed by atoms with Gasteiger partial charge in [-0.05, 0) is 46.0 Å². The average Bonchev–Trinajstić information content (AvgIpc) is 2.63. The first-order valence-electron chi connectivity index (χ1n) is 7.85. The van der Waals surface area contributed by atoms with Crippen molar-refractivity contribution in [2.45, 2.75) is 70.2 Å². The van der Waals surface area contributed by atoms with Crippen molar-refractivity contribution in [3.05, 3.63) is 0 Å². The molecule has 0 aromatic carbocycles. The highest BCUT2D eigenvalue weighted by molar-refractivity contribution is 4.97. The van der Waals surface area contributed by atoms with Crippen LogP contribution in [0.2, 0.25) is 0 Å². The highest BCUT2D eigenvalue weighted by Crippen LogP contribution is 2.32. The number of nitrogens with zero attached hydrogens (tertiary/aromatic N) is 2. The fraction of sp³-hybridized carbons (Fsp3) is 1.00. The topological polar surface area (TPSA) is 15.7 Å². The summed E-state index contributed by atoms with van der Waals surface area (Å²) in [5.74, 6) is 0. The Kier molecular flexibility index (Phi) is 3.92. The molecule has 3 nitrogen and oxygen atoms in total. The molecule has 0 spiro atoms. The average molecular weight is 252 g/mol. The lowest BCUT2D eigenvalue weighted by atomic mass is 10.1. The van der Waals surface area contributed by atoms with E-state index < -0.39 is 0 Å². The van der Waals surface area contributed by atoms with Gasteiger partial charge in [-0.25, -0.2) is 0 Å². The van der Waals surface area contributed by atoms with Crippen LogP contribution in [0, 0.1) is 0 Å². The minimum atomic E-state index is 0.517. The number of ether oxygens (including phenoxy) is 1. The van der Waals surface area contributed by atoms with Gasteiger partial charge in [0.15, 0.2) is 0 Å². The van der Waals surface area contributed by atoms with Gasteiger partial charge in [-0.15, -0.1) is 0 Å². The van der Waals surface area contributed by atoms with Crippen LogP contribution in [0.1, 0.15) is 46.0 Å². The molecule has 0 aromatic heterocycles. The lowest BCUT2D eigenvalue weighted by Gasteiger charge is -2.44. The standard InChI is InChI=1S/C15H28N2O/c1-12(2)17-13-6-7-14(17)10-16(9-13)11-15-5-3-4-8-18-15/h12-15H,3-11H2,1-2H3. The van der Waals surface area contributed by atoms with Crippen LogP contribution in [0.15, 0.2) is 0 Å². The molecule has 2 bridgehead atoms. The van der Waals surface area contributed by atoms with Gasteiger partial charge in [-0.3, -0.25) is 9.80 Å². The number of fused-ring (bicyclic) bond motifs is 2. The zero-order valence-electron chi connectivity index (χ0n) is 12.0. The normalized spacial score (nSPS) is 38.5. The van der Waals surface area contributed by atoms with E-state index in [0.717, 1.165) is 24.7 Å². The number of hydrogen-bond acceptors (Lipinski definition) is 3. The molecule has 3 unspecified atom stereocenters. The first-order valence-corrected chi connectivity index (χ1v) is 7.85.